The first-order chi connectivity index (χ1) is 10.2. The van der Waals surface area contributed by atoms with Gasteiger partial charge in [-0.25, -0.2) is 4.79 Å². The van der Waals surface area contributed by atoms with Crippen molar-refractivity contribution in [3.05, 3.63) is 22.8 Å². The summed E-state index contributed by atoms with van der Waals surface area (Å²) < 4.78 is 5.63. The minimum atomic E-state index is 0.0901. The van der Waals surface area contributed by atoms with Gasteiger partial charge in [-0.05, 0) is 43.0 Å². The molecule has 114 valence electrons. The Labute approximate surface area is 125 Å². The lowest BCUT2D eigenvalue weighted by molar-refractivity contribution is 0.198. The minimum Gasteiger partial charge on any atom is -0.494 e. The van der Waals surface area contributed by atoms with E-state index in [0.29, 0.717) is 0 Å². The van der Waals surface area contributed by atoms with Crippen molar-refractivity contribution >= 4 is 11.7 Å². The van der Waals surface area contributed by atoms with E-state index in [2.05, 4.69) is 18.3 Å². The Morgan fingerprint density at radius 3 is 2.86 bits per heavy atom. The summed E-state index contributed by atoms with van der Waals surface area (Å²) in [6.45, 7) is 8.22. The normalized spacial score (nSPS) is 18.1. The van der Waals surface area contributed by atoms with Gasteiger partial charge in [0, 0.05) is 32.7 Å². The maximum Gasteiger partial charge on any atom is 0.324 e. The van der Waals surface area contributed by atoms with Gasteiger partial charge < -0.3 is 15.0 Å². The van der Waals surface area contributed by atoms with E-state index in [0.717, 1.165) is 56.1 Å². The van der Waals surface area contributed by atoms with E-state index in [9.17, 15) is 4.79 Å². The van der Waals surface area contributed by atoms with Crippen LogP contribution >= 0.6 is 0 Å². The SMILES string of the molecule is CCN1CCCN(c2cc3c(c(C)c2OC)CNC3)C1=O. The van der Waals surface area contributed by atoms with Crippen molar-refractivity contribution in [1.82, 2.24) is 10.2 Å². The van der Waals surface area contributed by atoms with Crippen molar-refractivity contribution in [3.8, 4) is 5.75 Å². The Kier molecular flexibility index (Phi) is 3.76. The maximum atomic E-state index is 12.6. The van der Waals surface area contributed by atoms with E-state index >= 15 is 0 Å². The van der Waals surface area contributed by atoms with Gasteiger partial charge in [-0.1, -0.05) is 0 Å². The van der Waals surface area contributed by atoms with E-state index in [4.69, 9.17) is 4.74 Å². The predicted molar refractivity (Wildman–Crippen MR) is 82.9 cm³/mol. The molecular formula is C16H23N3O2. The summed E-state index contributed by atoms with van der Waals surface area (Å²) in [6, 6.07) is 2.21. The maximum absolute atomic E-state index is 12.6. The molecule has 1 saturated heterocycles. The van der Waals surface area contributed by atoms with Crippen molar-refractivity contribution in [2.75, 3.05) is 31.6 Å². The van der Waals surface area contributed by atoms with Crippen molar-refractivity contribution < 1.29 is 9.53 Å². The number of amides is 2. The second-order valence-electron chi connectivity index (χ2n) is 5.66. The molecule has 5 heteroatoms. The molecule has 0 spiro atoms. The molecule has 0 aromatic heterocycles. The first-order valence-corrected chi connectivity index (χ1v) is 7.63. The average molecular weight is 289 g/mol. The van der Waals surface area contributed by atoms with E-state index in [1.54, 1.807) is 7.11 Å². The number of methoxy groups -OCH3 is 1. The van der Waals surface area contributed by atoms with Crippen LogP contribution in [0.15, 0.2) is 6.07 Å². The number of carbonyl (C=O) groups is 1. The summed E-state index contributed by atoms with van der Waals surface area (Å²) in [5.41, 5.74) is 4.66. The van der Waals surface area contributed by atoms with Gasteiger partial charge in [-0.3, -0.25) is 4.90 Å². The van der Waals surface area contributed by atoms with Gasteiger partial charge in [-0.15, -0.1) is 0 Å². The molecule has 21 heavy (non-hydrogen) atoms. The van der Waals surface area contributed by atoms with Gasteiger partial charge in [0.2, 0.25) is 0 Å². The highest BCUT2D eigenvalue weighted by Gasteiger charge is 2.30. The van der Waals surface area contributed by atoms with Crippen LogP contribution in [0.1, 0.15) is 30.0 Å². The molecule has 0 saturated carbocycles. The fourth-order valence-electron chi connectivity index (χ4n) is 3.37. The zero-order valence-corrected chi connectivity index (χ0v) is 13.0. The molecular weight excluding hydrogens is 266 g/mol. The summed E-state index contributed by atoms with van der Waals surface area (Å²) in [5, 5.41) is 3.37. The minimum absolute atomic E-state index is 0.0901. The summed E-state index contributed by atoms with van der Waals surface area (Å²) in [5.74, 6) is 0.837. The topological polar surface area (TPSA) is 44.8 Å². The van der Waals surface area contributed by atoms with Crippen LogP contribution in [-0.2, 0) is 13.1 Å². The van der Waals surface area contributed by atoms with Crippen molar-refractivity contribution in [3.63, 3.8) is 0 Å². The molecule has 1 fully saturated rings. The largest absolute Gasteiger partial charge is 0.494 e. The van der Waals surface area contributed by atoms with Crippen LogP contribution in [0.4, 0.5) is 10.5 Å². The monoisotopic (exact) mass is 289 g/mol. The molecule has 0 bridgehead atoms. The molecule has 2 heterocycles. The fraction of sp³-hybridized carbons (Fsp3) is 0.562. The molecule has 2 aliphatic heterocycles. The summed E-state index contributed by atoms with van der Waals surface area (Å²) in [7, 11) is 1.69. The Morgan fingerprint density at radius 2 is 2.14 bits per heavy atom. The third-order valence-electron chi connectivity index (χ3n) is 4.53. The summed E-state index contributed by atoms with van der Waals surface area (Å²) in [6.07, 6.45) is 0.997. The number of rotatable bonds is 3. The number of hydrogen-bond acceptors (Lipinski definition) is 3. The van der Waals surface area contributed by atoms with Crippen LogP contribution in [0.5, 0.6) is 5.75 Å². The Bertz CT molecular complexity index is 571. The smallest absolute Gasteiger partial charge is 0.324 e. The molecule has 2 aliphatic rings. The second-order valence-corrected chi connectivity index (χ2v) is 5.66. The Balaban J connectivity index is 2.05. The van der Waals surface area contributed by atoms with Crippen LogP contribution in [0.2, 0.25) is 0 Å². The standard InChI is InChI=1S/C16H23N3O2/c1-4-18-6-5-7-19(16(18)20)14-8-12-9-17-10-13(12)11(2)15(14)21-3/h8,17H,4-7,9-10H2,1-3H3. The molecule has 0 atom stereocenters. The van der Waals surface area contributed by atoms with Gasteiger partial charge in [0.15, 0.2) is 0 Å². The van der Waals surface area contributed by atoms with Crippen molar-refractivity contribution in [2.45, 2.75) is 33.4 Å². The Morgan fingerprint density at radius 1 is 1.33 bits per heavy atom. The van der Waals surface area contributed by atoms with Gasteiger partial charge in [0.25, 0.3) is 0 Å². The third-order valence-corrected chi connectivity index (χ3v) is 4.53. The summed E-state index contributed by atoms with van der Waals surface area (Å²) >= 11 is 0. The van der Waals surface area contributed by atoms with Crippen LogP contribution in [0.25, 0.3) is 0 Å². The van der Waals surface area contributed by atoms with E-state index in [1.165, 1.54) is 11.1 Å². The first-order valence-electron chi connectivity index (χ1n) is 7.63. The van der Waals surface area contributed by atoms with Gasteiger partial charge in [-0.2, -0.15) is 0 Å². The second kappa shape index (κ2) is 5.56. The third kappa shape index (κ3) is 2.25. The van der Waals surface area contributed by atoms with Crippen molar-refractivity contribution in [2.24, 2.45) is 0 Å². The van der Waals surface area contributed by atoms with Gasteiger partial charge in [0.05, 0.1) is 12.8 Å². The number of benzene rings is 1. The lowest BCUT2D eigenvalue weighted by Crippen LogP contribution is -2.49. The molecule has 0 aliphatic carbocycles. The van der Waals surface area contributed by atoms with Crippen LogP contribution in [-0.4, -0.2) is 37.7 Å². The molecule has 1 aromatic rings. The van der Waals surface area contributed by atoms with Crippen LogP contribution in [0.3, 0.4) is 0 Å². The highest BCUT2D eigenvalue weighted by atomic mass is 16.5. The number of ether oxygens (including phenoxy) is 1. The fourth-order valence-corrected chi connectivity index (χ4v) is 3.37. The highest BCUT2D eigenvalue weighted by molar-refractivity contribution is 5.95. The number of carbonyl (C=O) groups excluding carboxylic acids is 1. The number of urea groups is 1. The number of anilines is 1. The zero-order chi connectivity index (χ0) is 15.0. The molecule has 1 N–H and O–H groups in total. The quantitative estimate of drug-likeness (QED) is 0.928. The lowest BCUT2D eigenvalue weighted by atomic mass is 10.0. The molecule has 0 radical (unpaired) electrons. The molecule has 0 unspecified atom stereocenters. The lowest BCUT2D eigenvalue weighted by Gasteiger charge is -2.36. The van der Waals surface area contributed by atoms with E-state index in [1.807, 2.05) is 16.7 Å². The number of nitrogens with one attached hydrogen (secondary N) is 1. The van der Waals surface area contributed by atoms with Crippen molar-refractivity contribution in [1.29, 1.82) is 0 Å². The zero-order valence-electron chi connectivity index (χ0n) is 13.0. The van der Waals surface area contributed by atoms with E-state index < -0.39 is 0 Å². The first kappa shape index (κ1) is 14.2. The van der Waals surface area contributed by atoms with Crippen LogP contribution in [0, 0.1) is 6.92 Å². The number of nitrogens with zero attached hydrogens (tertiary/aromatic N) is 2. The molecule has 3 rings (SSSR count). The highest BCUT2D eigenvalue weighted by Crippen LogP contribution is 2.39. The van der Waals surface area contributed by atoms with Gasteiger partial charge in [0.1, 0.15) is 5.75 Å². The molecule has 2 amide bonds. The number of hydrogen-bond donors (Lipinski definition) is 1. The van der Waals surface area contributed by atoms with E-state index in [-0.39, 0.29) is 6.03 Å². The molecule has 1 aromatic carbocycles. The Hall–Kier alpha value is -1.75. The predicted octanol–water partition coefficient (Wildman–Crippen LogP) is 2.26. The molecule has 5 nitrogen and oxygen atoms in total. The average Bonchev–Trinajstić information content (AvgIpc) is 2.96. The number of fused-ring (bicyclic) bond motifs is 1. The summed E-state index contributed by atoms with van der Waals surface area (Å²) in [4.78, 5) is 16.4. The van der Waals surface area contributed by atoms with Crippen LogP contribution < -0.4 is 15.0 Å². The van der Waals surface area contributed by atoms with Gasteiger partial charge >= 0.3 is 6.03 Å².